The van der Waals surface area contributed by atoms with Crippen molar-refractivity contribution in [3.63, 3.8) is 0 Å². The zero-order valence-corrected chi connectivity index (χ0v) is 11.3. The number of amides is 1. The minimum atomic E-state index is -0.218. The van der Waals surface area contributed by atoms with Gasteiger partial charge in [0.25, 0.3) is 5.91 Å². The lowest BCUT2D eigenvalue weighted by molar-refractivity contribution is 0.0867. The van der Waals surface area contributed by atoms with Crippen LogP contribution in [-0.4, -0.2) is 42.2 Å². The van der Waals surface area contributed by atoms with Crippen molar-refractivity contribution in [1.29, 1.82) is 0 Å². The number of aromatic nitrogens is 2. The molecule has 0 saturated heterocycles. The average molecular weight is 252 g/mol. The van der Waals surface area contributed by atoms with Gasteiger partial charge >= 0.3 is 0 Å². The van der Waals surface area contributed by atoms with Gasteiger partial charge in [-0.15, -0.1) is 0 Å². The van der Waals surface area contributed by atoms with Crippen LogP contribution in [0.4, 0.5) is 5.95 Å². The smallest absolute Gasteiger partial charge is 0.270 e. The first-order chi connectivity index (χ1) is 8.56. The number of ether oxygens (including phenoxy) is 1. The highest BCUT2D eigenvalue weighted by atomic mass is 16.5. The fraction of sp³-hybridized carbons (Fsp3) is 0.583. The van der Waals surface area contributed by atoms with Gasteiger partial charge in [-0.2, -0.15) is 0 Å². The summed E-state index contributed by atoms with van der Waals surface area (Å²) in [5.41, 5.74) is 1.10. The highest BCUT2D eigenvalue weighted by Crippen LogP contribution is 2.04. The molecule has 1 atom stereocenters. The first kappa shape index (κ1) is 14.4. The molecule has 1 unspecified atom stereocenters. The molecule has 6 nitrogen and oxygen atoms in total. The fourth-order valence-corrected chi connectivity index (χ4v) is 1.43. The third-order valence-electron chi connectivity index (χ3n) is 2.26. The Hall–Kier alpha value is -1.69. The zero-order chi connectivity index (χ0) is 13.5. The van der Waals surface area contributed by atoms with Gasteiger partial charge in [0.2, 0.25) is 5.95 Å². The summed E-state index contributed by atoms with van der Waals surface area (Å²) in [5.74, 6) is 0.224. The molecular weight excluding hydrogens is 232 g/mol. The molecule has 18 heavy (non-hydrogen) atoms. The van der Waals surface area contributed by atoms with Crippen molar-refractivity contribution in [2.45, 2.75) is 26.8 Å². The summed E-state index contributed by atoms with van der Waals surface area (Å²) in [6, 6.07) is 1.61. The molecule has 0 aliphatic rings. The van der Waals surface area contributed by atoms with E-state index in [2.05, 4.69) is 20.6 Å². The van der Waals surface area contributed by atoms with Crippen LogP contribution < -0.4 is 10.6 Å². The second kappa shape index (κ2) is 6.90. The van der Waals surface area contributed by atoms with Crippen molar-refractivity contribution in [3.8, 4) is 0 Å². The maximum atomic E-state index is 12.0. The lowest BCUT2D eigenvalue weighted by Crippen LogP contribution is -2.36. The van der Waals surface area contributed by atoms with E-state index in [0.29, 0.717) is 24.9 Å². The van der Waals surface area contributed by atoms with Crippen LogP contribution in [0.15, 0.2) is 6.07 Å². The van der Waals surface area contributed by atoms with Gasteiger partial charge in [-0.25, -0.2) is 9.97 Å². The minimum absolute atomic E-state index is 0.0502. The van der Waals surface area contributed by atoms with Crippen LogP contribution in [0.25, 0.3) is 0 Å². The minimum Gasteiger partial charge on any atom is -0.380 e. The number of carbonyl (C=O) groups is 1. The quantitative estimate of drug-likeness (QED) is 0.789. The van der Waals surface area contributed by atoms with E-state index in [-0.39, 0.29) is 11.9 Å². The highest BCUT2D eigenvalue weighted by Gasteiger charge is 2.12. The molecule has 0 spiro atoms. The van der Waals surface area contributed by atoms with Gasteiger partial charge in [0, 0.05) is 25.4 Å². The number of anilines is 1. The van der Waals surface area contributed by atoms with Crippen LogP contribution in [0.5, 0.6) is 0 Å². The second-order valence-corrected chi connectivity index (χ2v) is 4.00. The molecule has 0 saturated carbocycles. The fourth-order valence-electron chi connectivity index (χ4n) is 1.43. The molecule has 0 aliphatic carbocycles. The number of rotatable bonds is 6. The predicted molar refractivity (Wildman–Crippen MR) is 69.7 cm³/mol. The number of nitrogens with zero attached hydrogens (tertiary/aromatic N) is 2. The van der Waals surface area contributed by atoms with Gasteiger partial charge in [0.05, 0.1) is 6.61 Å². The Labute approximate surface area is 107 Å². The van der Waals surface area contributed by atoms with E-state index in [1.54, 1.807) is 13.1 Å². The van der Waals surface area contributed by atoms with E-state index in [1.807, 2.05) is 20.8 Å². The van der Waals surface area contributed by atoms with Crippen molar-refractivity contribution >= 4 is 11.9 Å². The Balaban J connectivity index is 2.68. The molecule has 1 rings (SSSR count). The average Bonchev–Trinajstić information content (AvgIpc) is 2.35. The van der Waals surface area contributed by atoms with E-state index in [0.717, 1.165) is 5.69 Å². The highest BCUT2D eigenvalue weighted by molar-refractivity contribution is 5.92. The van der Waals surface area contributed by atoms with Crippen molar-refractivity contribution in [3.05, 3.63) is 17.5 Å². The van der Waals surface area contributed by atoms with Crippen LogP contribution >= 0.6 is 0 Å². The van der Waals surface area contributed by atoms with E-state index < -0.39 is 0 Å². The molecule has 1 amide bonds. The third kappa shape index (κ3) is 4.29. The first-order valence-electron chi connectivity index (χ1n) is 5.98. The maximum Gasteiger partial charge on any atom is 0.270 e. The van der Waals surface area contributed by atoms with E-state index >= 15 is 0 Å². The summed E-state index contributed by atoms with van der Waals surface area (Å²) in [6.45, 7) is 6.76. The SMILES string of the molecule is CCOCC(C)NC(=O)c1cc(C)nc(NC)n1. The summed E-state index contributed by atoms with van der Waals surface area (Å²) < 4.78 is 5.24. The van der Waals surface area contributed by atoms with Crippen LogP contribution in [-0.2, 0) is 4.74 Å². The number of carbonyl (C=O) groups excluding carboxylic acids is 1. The molecule has 0 bridgehead atoms. The van der Waals surface area contributed by atoms with Gasteiger partial charge in [0.15, 0.2) is 0 Å². The molecular formula is C12H20N4O2. The Bertz CT molecular complexity index is 409. The van der Waals surface area contributed by atoms with Gasteiger partial charge in [-0.3, -0.25) is 4.79 Å². The molecule has 0 fully saturated rings. The van der Waals surface area contributed by atoms with Crippen LogP contribution in [0, 0.1) is 6.92 Å². The van der Waals surface area contributed by atoms with Crippen LogP contribution in [0.3, 0.4) is 0 Å². The van der Waals surface area contributed by atoms with Gasteiger partial charge in [-0.1, -0.05) is 0 Å². The van der Waals surface area contributed by atoms with Crippen molar-refractivity contribution in [1.82, 2.24) is 15.3 Å². The van der Waals surface area contributed by atoms with Crippen LogP contribution in [0.1, 0.15) is 30.0 Å². The maximum absolute atomic E-state index is 12.0. The lowest BCUT2D eigenvalue weighted by atomic mass is 10.3. The third-order valence-corrected chi connectivity index (χ3v) is 2.26. The van der Waals surface area contributed by atoms with Crippen molar-refractivity contribution in [2.24, 2.45) is 0 Å². The Morgan fingerprint density at radius 1 is 1.50 bits per heavy atom. The monoisotopic (exact) mass is 252 g/mol. The normalized spacial score (nSPS) is 12.0. The number of hydrogen-bond acceptors (Lipinski definition) is 5. The molecule has 0 aromatic carbocycles. The first-order valence-corrected chi connectivity index (χ1v) is 5.98. The molecule has 1 aromatic heterocycles. The summed E-state index contributed by atoms with van der Waals surface area (Å²) in [5, 5.41) is 5.65. The summed E-state index contributed by atoms with van der Waals surface area (Å²) in [6.07, 6.45) is 0. The zero-order valence-electron chi connectivity index (χ0n) is 11.3. The van der Waals surface area contributed by atoms with E-state index in [9.17, 15) is 4.79 Å². The Kier molecular flexibility index (Phi) is 5.51. The molecule has 100 valence electrons. The van der Waals surface area contributed by atoms with E-state index in [4.69, 9.17) is 4.74 Å². The topological polar surface area (TPSA) is 76.1 Å². The largest absolute Gasteiger partial charge is 0.380 e. The number of aryl methyl sites for hydroxylation is 1. The number of hydrogen-bond donors (Lipinski definition) is 2. The molecule has 2 N–H and O–H groups in total. The van der Waals surface area contributed by atoms with Crippen LogP contribution in [0.2, 0.25) is 0 Å². The van der Waals surface area contributed by atoms with Crippen molar-refractivity contribution < 1.29 is 9.53 Å². The summed E-state index contributed by atoms with van der Waals surface area (Å²) in [4.78, 5) is 20.2. The van der Waals surface area contributed by atoms with Gasteiger partial charge in [0.1, 0.15) is 5.69 Å². The predicted octanol–water partition coefficient (Wildman–Crippen LogP) is 0.982. The second-order valence-electron chi connectivity index (χ2n) is 4.00. The van der Waals surface area contributed by atoms with E-state index in [1.165, 1.54) is 0 Å². The number of nitrogens with one attached hydrogen (secondary N) is 2. The summed E-state index contributed by atoms with van der Waals surface area (Å²) in [7, 11) is 1.72. The molecule has 1 aromatic rings. The Morgan fingerprint density at radius 3 is 2.83 bits per heavy atom. The standard InChI is InChI=1S/C12H20N4O2/c1-5-18-7-9(3)14-11(17)10-6-8(2)15-12(13-4)16-10/h6,9H,5,7H2,1-4H3,(H,14,17)(H,13,15,16). The van der Waals surface area contributed by atoms with Crippen molar-refractivity contribution in [2.75, 3.05) is 25.6 Å². The Morgan fingerprint density at radius 2 is 2.22 bits per heavy atom. The summed E-state index contributed by atoms with van der Waals surface area (Å²) >= 11 is 0. The molecule has 0 radical (unpaired) electrons. The van der Waals surface area contributed by atoms with Gasteiger partial charge in [-0.05, 0) is 26.8 Å². The molecule has 1 heterocycles. The lowest BCUT2D eigenvalue weighted by Gasteiger charge is -2.13. The molecule has 6 heteroatoms. The van der Waals surface area contributed by atoms with Gasteiger partial charge < -0.3 is 15.4 Å². The molecule has 0 aliphatic heterocycles.